The second-order valence-corrected chi connectivity index (χ2v) is 7.43. The molecule has 0 amide bonds. The second-order valence-electron chi connectivity index (χ2n) is 6.35. The fourth-order valence-corrected chi connectivity index (χ4v) is 4.89. The maximum atomic E-state index is 9.43. The summed E-state index contributed by atoms with van der Waals surface area (Å²) in [6, 6.07) is 9.05. The van der Waals surface area contributed by atoms with E-state index in [1.807, 2.05) is 11.3 Å². The molecule has 2 aromatic rings. The number of nitrogens with one attached hydrogen (secondary N) is 1. The highest BCUT2D eigenvalue weighted by molar-refractivity contribution is 7.19. The van der Waals surface area contributed by atoms with Crippen molar-refractivity contribution in [2.24, 2.45) is 11.8 Å². The molecule has 1 aromatic carbocycles. The molecule has 0 aliphatic heterocycles. The first-order chi connectivity index (χ1) is 10.2. The second kappa shape index (κ2) is 6.47. The van der Waals surface area contributed by atoms with E-state index in [0.717, 1.165) is 6.54 Å². The van der Waals surface area contributed by atoms with E-state index >= 15 is 0 Å². The molecular weight excluding hydrogens is 278 g/mol. The van der Waals surface area contributed by atoms with Gasteiger partial charge in [-0.3, -0.25) is 0 Å². The van der Waals surface area contributed by atoms with Crippen LogP contribution in [0.15, 0.2) is 24.3 Å². The molecule has 1 fully saturated rings. The number of thiophene rings is 1. The van der Waals surface area contributed by atoms with Crippen molar-refractivity contribution in [3.8, 4) is 0 Å². The van der Waals surface area contributed by atoms with Crippen LogP contribution in [0.2, 0.25) is 0 Å². The maximum absolute atomic E-state index is 9.43. The van der Waals surface area contributed by atoms with E-state index in [4.69, 9.17) is 0 Å². The average molecular weight is 303 g/mol. The normalized spacial score (nSPS) is 23.8. The van der Waals surface area contributed by atoms with Gasteiger partial charge in [-0.25, -0.2) is 0 Å². The predicted molar refractivity (Wildman–Crippen MR) is 90.9 cm³/mol. The van der Waals surface area contributed by atoms with Gasteiger partial charge in [-0.2, -0.15) is 0 Å². The SMILES string of the molecule is Cc1c(C(C)NCC2CCCC2CO)sc2ccccc12. The van der Waals surface area contributed by atoms with Gasteiger partial charge in [0.1, 0.15) is 0 Å². The van der Waals surface area contributed by atoms with Crippen LogP contribution in [0.5, 0.6) is 0 Å². The summed E-state index contributed by atoms with van der Waals surface area (Å²) in [7, 11) is 0. The zero-order valence-corrected chi connectivity index (χ0v) is 13.7. The Morgan fingerprint density at radius 2 is 2.05 bits per heavy atom. The van der Waals surface area contributed by atoms with Crippen LogP contribution in [0, 0.1) is 18.8 Å². The largest absolute Gasteiger partial charge is 0.396 e. The Kier molecular flexibility index (Phi) is 4.63. The Balaban J connectivity index is 1.69. The molecule has 2 nitrogen and oxygen atoms in total. The van der Waals surface area contributed by atoms with Crippen LogP contribution in [0.25, 0.3) is 10.1 Å². The molecule has 2 N–H and O–H groups in total. The van der Waals surface area contributed by atoms with E-state index in [-0.39, 0.29) is 0 Å². The quantitative estimate of drug-likeness (QED) is 0.864. The van der Waals surface area contributed by atoms with E-state index in [1.165, 1.54) is 39.8 Å². The first-order valence-electron chi connectivity index (χ1n) is 8.03. The number of aliphatic hydroxyl groups excluding tert-OH is 1. The van der Waals surface area contributed by atoms with Gasteiger partial charge in [0.2, 0.25) is 0 Å². The smallest absolute Gasteiger partial charge is 0.0462 e. The highest BCUT2D eigenvalue weighted by Gasteiger charge is 2.27. The van der Waals surface area contributed by atoms with E-state index < -0.39 is 0 Å². The van der Waals surface area contributed by atoms with Gasteiger partial charge in [-0.1, -0.05) is 24.6 Å². The molecule has 1 heterocycles. The minimum atomic E-state index is 0.350. The molecule has 1 saturated carbocycles. The van der Waals surface area contributed by atoms with Gasteiger partial charge in [-0.05, 0) is 62.1 Å². The third-order valence-electron chi connectivity index (χ3n) is 5.01. The summed E-state index contributed by atoms with van der Waals surface area (Å²) in [6.45, 7) is 5.88. The van der Waals surface area contributed by atoms with E-state index in [0.29, 0.717) is 24.5 Å². The number of rotatable bonds is 5. The monoisotopic (exact) mass is 303 g/mol. The molecule has 1 aromatic heterocycles. The van der Waals surface area contributed by atoms with Crippen molar-refractivity contribution >= 4 is 21.4 Å². The van der Waals surface area contributed by atoms with Crippen molar-refractivity contribution in [1.82, 2.24) is 5.32 Å². The van der Waals surface area contributed by atoms with Crippen LogP contribution in [-0.4, -0.2) is 18.3 Å². The molecule has 0 bridgehead atoms. The first kappa shape index (κ1) is 15.0. The Morgan fingerprint density at radius 3 is 2.81 bits per heavy atom. The Bertz CT molecular complexity index is 606. The lowest BCUT2D eigenvalue weighted by Gasteiger charge is -2.21. The van der Waals surface area contributed by atoms with Crippen LogP contribution in [0.4, 0.5) is 0 Å². The van der Waals surface area contributed by atoms with Gasteiger partial charge in [0.25, 0.3) is 0 Å². The molecule has 114 valence electrons. The minimum absolute atomic E-state index is 0.350. The predicted octanol–water partition coefficient (Wildman–Crippen LogP) is 4.27. The molecule has 3 unspecified atom stereocenters. The van der Waals surface area contributed by atoms with Crippen molar-refractivity contribution in [2.75, 3.05) is 13.2 Å². The van der Waals surface area contributed by atoms with Crippen molar-refractivity contribution in [1.29, 1.82) is 0 Å². The molecular formula is C18H25NOS. The number of hydrogen-bond donors (Lipinski definition) is 2. The summed E-state index contributed by atoms with van der Waals surface area (Å²) in [5.74, 6) is 1.15. The zero-order valence-electron chi connectivity index (χ0n) is 12.9. The van der Waals surface area contributed by atoms with Crippen LogP contribution in [0.1, 0.15) is 42.7 Å². The lowest BCUT2D eigenvalue weighted by atomic mass is 9.96. The highest BCUT2D eigenvalue weighted by atomic mass is 32.1. The highest BCUT2D eigenvalue weighted by Crippen LogP contribution is 2.35. The molecule has 21 heavy (non-hydrogen) atoms. The Morgan fingerprint density at radius 1 is 1.29 bits per heavy atom. The molecule has 0 saturated heterocycles. The van der Waals surface area contributed by atoms with Gasteiger partial charge in [-0.15, -0.1) is 11.3 Å². The van der Waals surface area contributed by atoms with Gasteiger partial charge >= 0.3 is 0 Å². The fourth-order valence-electron chi connectivity index (χ4n) is 3.65. The molecule has 3 atom stereocenters. The van der Waals surface area contributed by atoms with Gasteiger partial charge < -0.3 is 10.4 Å². The van der Waals surface area contributed by atoms with Gasteiger partial charge in [0, 0.05) is 22.2 Å². The van der Waals surface area contributed by atoms with Crippen molar-refractivity contribution in [3.05, 3.63) is 34.7 Å². The minimum Gasteiger partial charge on any atom is -0.396 e. The molecule has 0 spiro atoms. The third-order valence-corrected chi connectivity index (χ3v) is 6.47. The number of aryl methyl sites for hydroxylation is 1. The van der Waals surface area contributed by atoms with E-state index in [9.17, 15) is 5.11 Å². The topological polar surface area (TPSA) is 32.3 Å². The standard InChI is InChI=1S/C18H25NOS/c1-12-16-8-3-4-9-17(16)21-18(12)13(2)19-10-14-6-5-7-15(14)11-20/h3-4,8-9,13-15,19-20H,5-7,10-11H2,1-2H3. The first-order valence-corrected chi connectivity index (χ1v) is 8.84. The summed E-state index contributed by atoms with van der Waals surface area (Å²) in [5.41, 5.74) is 1.42. The van der Waals surface area contributed by atoms with E-state index in [2.05, 4.69) is 43.4 Å². The zero-order chi connectivity index (χ0) is 14.8. The number of hydrogen-bond acceptors (Lipinski definition) is 3. The number of aliphatic hydroxyl groups is 1. The summed E-state index contributed by atoms with van der Waals surface area (Å²) >= 11 is 1.91. The maximum Gasteiger partial charge on any atom is 0.0462 e. The van der Waals surface area contributed by atoms with Gasteiger partial charge in [0.15, 0.2) is 0 Å². The fraction of sp³-hybridized carbons (Fsp3) is 0.556. The summed E-state index contributed by atoms with van der Waals surface area (Å²) in [4.78, 5) is 1.45. The van der Waals surface area contributed by atoms with Crippen LogP contribution in [-0.2, 0) is 0 Å². The van der Waals surface area contributed by atoms with Crippen molar-refractivity contribution in [2.45, 2.75) is 39.2 Å². The number of fused-ring (bicyclic) bond motifs is 1. The third kappa shape index (κ3) is 3.01. The average Bonchev–Trinajstić information content (AvgIpc) is 3.09. The molecule has 1 aliphatic rings. The number of benzene rings is 1. The Hall–Kier alpha value is -0.900. The van der Waals surface area contributed by atoms with Crippen LogP contribution in [0.3, 0.4) is 0 Å². The molecule has 3 heteroatoms. The summed E-state index contributed by atoms with van der Waals surface area (Å²) in [5, 5.41) is 14.5. The molecule has 3 rings (SSSR count). The van der Waals surface area contributed by atoms with Crippen molar-refractivity contribution < 1.29 is 5.11 Å². The van der Waals surface area contributed by atoms with Crippen LogP contribution < -0.4 is 5.32 Å². The summed E-state index contributed by atoms with van der Waals surface area (Å²) < 4.78 is 1.38. The summed E-state index contributed by atoms with van der Waals surface area (Å²) in [6.07, 6.45) is 3.73. The van der Waals surface area contributed by atoms with Crippen molar-refractivity contribution in [3.63, 3.8) is 0 Å². The van der Waals surface area contributed by atoms with E-state index in [1.54, 1.807) is 0 Å². The van der Waals surface area contributed by atoms with Crippen LogP contribution >= 0.6 is 11.3 Å². The molecule has 1 aliphatic carbocycles. The lowest BCUT2D eigenvalue weighted by Crippen LogP contribution is -2.28. The lowest BCUT2D eigenvalue weighted by molar-refractivity contribution is 0.191. The molecule has 0 radical (unpaired) electrons. The van der Waals surface area contributed by atoms with Gasteiger partial charge in [0.05, 0.1) is 0 Å². The Labute approximate surface area is 131 Å².